The first-order valence-electron chi connectivity index (χ1n) is 10.8. The molecule has 3 rings (SSSR count). The van der Waals surface area contributed by atoms with Crippen molar-refractivity contribution in [3.63, 3.8) is 0 Å². The molecule has 0 saturated heterocycles. The summed E-state index contributed by atoms with van der Waals surface area (Å²) in [4.78, 5) is 25.7. The van der Waals surface area contributed by atoms with E-state index in [2.05, 4.69) is 5.32 Å². The van der Waals surface area contributed by atoms with E-state index >= 15 is 0 Å². The zero-order chi connectivity index (χ0) is 24.5. The van der Waals surface area contributed by atoms with Gasteiger partial charge >= 0.3 is 5.97 Å². The number of hydrogen-bond donors (Lipinski definition) is 1. The van der Waals surface area contributed by atoms with Gasteiger partial charge in [0.2, 0.25) is 5.91 Å². The van der Waals surface area contributed by atoms with Gasteiger partial charge in [-0.05, 0) is 60.9 Å². The molecule has 1 N–H and O–H groups in total. The molecule has 0 aliphatic rings. The van der Waals surface area contributed by atoms with Crippen molar-refractivity contribution in [2.45, 2.75) is 26.9 Å². The van der Waals surface area contributed by atoms with Gasteiger partial charge in [-0.25, -0.2) is 4.79 Å². The number of carbonyl (C=O) groups is 2. The number of anilines is 1. The van der Waals surface area contributed by atoms with E-state index in [0.29, 0.717) is 33.7 Å². The third-order valence-corrected chi connectivity index (χ3v) is 6.23. The maximum Gasteiger partial charge on any atom is 0.341 e. The maximum atomic E-state index is 12.5. The lowest BCUT2D eigenvalue weighted by Crippen LogP contribution is -2.11. The van der Waals surface area contributed by atoms with Crippen LogP contribution in [0, 0.1) is 0 Å². The van der Waals surface area contributed by atoms with E-state index in [9.17, 15) is 9.59 Å². The highest BCUT2D eigenvalue weighted by atomic mass is 35.5. The first kappa shape index (κ1) is 25.3. The fourth-order valence-corrected chi connectivity index (χ4v) is 4.16. The monoisotopic (exact) mass is 499 g/mol. The molecule has 1 aromatic heterocycles. The molecule has 0 spiro atoms. The number of benzene rings is 2. The fourth-order valence-electron chi connectivity index (χ4n) is 3.04. The van der Waals surface area contributed by atoms with Gasteiger partial charge in [-0.15, -0.1) is 11.3 Å². The van der Waals surface area contributed by atoms with E-state index < -0.39 is 5.97 Å². The first-order chi connectivity index (χ1) is 16.4. The summed E-state index contributed by atoms with van der Waals surface area (Å²) in [6, 6.07) is 14.6. The summed E-state index contributed by atoms with van der Waals surface area (Å²) in [6.07, 6.45) is 3.83. The average Bonchev–Trinajstić information content (AvgIpc) is 3.25. The van der Waals surface area contributed by atoms with E-state index in [-0.39, 0.29) is 12.5 Å². The van der Waals surface area contributed by atoms with Gasteiger partial charge in [-0.3, -0.25) is 4.79 Å². The minimum absolute atomic E-state index is 0.269. The molecule has 2 aromatic carbocycles. The van der Waals surface area contributed by atoms with E-state index in [1.54, 1.807) is 38.3 Å². The molecule has 6 nitrogen and oxygen atoms in total. The summed E-state index contributed by atoms with van der Waals surface area (Å²) in [5.41, 5.74) is 2.11. The number of esters is 1. The third kappa shape index (κ3) is 6.85. The highest BCUT2D eigenvalue weighted by Crippen LogP contribution is 2.31. The number of carbonyl (C=O) groups excluding carboxylic acids is 2. The van der Waals surface area contributed by atoms with Crippen LogP contribution < -0.4 is 14.8 Å². The SMILES string of the molecule is CCOC(=O)c1cc(CC)sc1NC(=O)/C=C/c1ccc(OCc2ccc(Cl)cc2)c(OC)c1. The first-order valence-corrected chi connectivity index (χ1v) is 12.0. The molecule has 178 valence electrons. The van der Waals surface area contributed by atoms with Crippen LogP contribution in [0.3, 0.4) is 0 Å². The predicted molar refractivity (Wildman–Crippen MR) is 136 cm³/mol. The van der Waals surface area contributed by atoms with Crippen LogP contribution in [0.4, 0.5) is 5.00 Å². The molecule has 0 fully saturated rings. The van der Waals surface area contributed by atoms with Crippen LogP contribution in [0.15, 0.2) is 54.6 Å². The molecule has 34 heavy (non-hydrogen) atoms. The topological polar surface area (TPSA) is 73.9 Å². The molecule has 0 saturated carbocycles. The molecule has 0 atom stereocenters. The van der Waals surface area contributed by atoms with Crippen molar-refractivity contribution in [2.75, 3.05) is 19.0 Å². The number of aryl methyl sites for hydroxylation is 1. The molecule has 0 radical (unpaired) electrons. The Morgan fingerprint density at radius 3 is 2.50 bits per heavy atom. The van der Waals surface area contributed by atoms with Gasteiger partial charge in [-0.1, -0.05) is 36.7 Å². The van der Waals surface area contributed by atoms with Crippen molar-refractivity contribution >= 4 is 45.9 Å². The molecule has 1 heterocycles. The lowest BCUT2D eigenvalue weighted by atomic mass is 10.2. The van der Waals surface area contributed by atoms with Crippen LogP contribution in [0.25, 0.3) is 6.08 Å². The number of ether oxygens (including phenoxy) is 3. The zero-order valence-corrected chi connectivity index (χ0v) is 20.8. The van der Waals surface area contributed by atoms with Crippen molar-refractivity contribution < 1.29 is 23.8 Å². The predicted octanol–water partition coefficient (Wildman–Crippen LogP) is 6.38. The fraction of sp³-hybridized carbons (Fsp3) is 0.231. The Morgan fingerprint density at radius 1 is 1.06 bits per heavy atom. The third-order valence-electron chi connectivity index (χ3n) is 4.79. The van der Waals surface area contributed by atoms with Gasteiger partial charge in [-0.2, -0.15) is 0 Å². The minimum Gasteiger partial charge on any atom is -0.493 e. The van der Waals surface area contributed by atoms with Gasteiger partial charge in [0.15, 0.2) is 11.5 Å². The Bertz CT molecular complexity index is 1170. The lowest BCUT2D eigenvalue weighted by Gasteiger charge is -2.11. The Balaban J connectivity index is 1.67. The summed E-state index contributed by atoms with van der Waals surface area (Å²) in [5.74, 6) is 0.338. The lowest BCUT2D eigenvalue weighted by molar-refractivity contribution is -0.111. The molecule has 0 aliphatic heterocycles. The number of nitrogens with one attached hydrogen (secondary N) is 1. The summed E-state index contributed by atoms with van der Waals surface area (Å²) < 4.78 is 16.4. The second-order valence-electron chi connectivity index (χ2n) is 7.18. The van der Waals surface area contributed by atoms with Crippen LogP contribution in [-0.2, 0) is 22.6 Å². The largest absolute Gasteiger partial charge is 0.493 e. The van der Waals surface area contributed by atoms with Gasteiger partial charge in [0.05, 0.1) is 19.3 Å². The van der Waals surface area contributed by atoms with E-state index in [1.807, 2.05) is 37.3 Å². The van der Waals surface area contributed by atoms with Crippen molar-refractivity contribution in [2.24, 2.45) is 0 Å². The molecule has 0 unspecified atom stereocenters. The van der Waals surface area contributed by atoms with E-state index in [0.717, 1.165) is 22.4 Å². The van der Waals surface area contributed by atoms with Crippen LogP contribution in [0.2, 0.25) is 5.02 Å². The zero-order valence-electron chi connectivity index (χ0n) is 19.2. The summed E-state index contributed by atoms with van der Waals surface area (Å²) in [6.45, 7) is 4.37. The molecule has 8 heteroatoms. The van der Waals surface area contributed by atoms with E-state index in [4.69, 9.17) is 25.8 Å². The minimum atomic E-state index is -0.448. The number of rotatable bonds is 10. The highest BCUT2D eigenvalue weighted by Gasteiger charge is 2.18. The number of hydrogen-bond acceptors (Lipinski definition) is 6. The molecule has 0 bridgehead atoms. The number of halogens is 1. The van der Waals surface area contributed by atoms with Gasteiger partial charge in [0.1, 0.15) is 11.6 Å². The van der Waals surface area contributed by atoms with Crippen molar-refractivity contribution in [3.05, 3.63) is 81.2 Å². The Morgan fingerprint density at radius 2 is 1.82 bits per heavy atom. The second-order valence-corrected chi connectivity index (χ2v) is 8.75. The Hall–Kier alpha value is -3.29. The standard InChI is InChI=1S/C26H26ClNO5S/c1-4-20-15-21(26(30)32-5-2)25(34-20)28-24(29)13-9-17-8-12-22(23(14-17)31-3)33-16-18-6-10-19(27)11-7-18/h6-15H,4-5,16H2,1-3H3,(H,28,29)/b13-9+. The molecule has 1 amide bonds. The molecule has 3 aromatic rings. The van der Waals surface area contributed by atoms with Gasteiger partial charge in [0.25, 0.3) is 0 Å². The number of methoxy groups -OCH3 is 1. The maximum absolute atomic E-state index is 12.5. The average molecular weight is 500 g/mol. The van der Waals surface area contributed by atoms with Gasteiger partial charge in [0, 0.05) is 16.0 Å². The number of thiophene rings is 1. The van der Waals surface area contributed by atoms with Crippen LogP contribution >= 0.6 is 22.9 Å². The van der Waals surface area contributed by atoms with Crippen molar-refractivity contribution in [1.82, 2.24) is 0 Å². The number of amides is 1. The van der Waals surface area contributed by atoms with E-state index in [1.165, 1.54) is 17.4 Å². The Kier molecular flexibility index (Phi) is 9.13. The summed E-state index contributed by atoms with van der Waals surface area (Å²) in [5, 5.41) is 3.93. The molecule has 0 aliphatic carbocycles. The van der Waals surface area contributed by atoms with Crippen molar-refractivity contribution in [3.8, 4) is 11.5 Å². The second kappa shape index (κ2) is 12.3. The summed E-state index contributed by atoms with van der Waals surface area (Å²) >= 11 is 7.28. The Labute approximate surface area is 208 Å². The van der Waals surface area contributed by atoms with Crippen LogP contribution in [-0.4, -0.2) is 25.6 Å². The van der Waals surface area contributed by atoms with Crippen molar-refractivity contribution in [1.29, 1.82) is 0 Å². The smallest absolute Gasteiger partial charge is 0.341 e. The van der Waals surface area contributed by atoms with Crippen LogP contribution in [0.5, 0.6) is 11.5 Å². The molecular weight excluding hydrogens is 474 g/mol. The molecular formula is C26H26ClNO5S. The van der Waals surface area contributed by atoms with Gasteiger partial charge < -0.3 is 19.5 Å². The van der Waals surface area contributed by atoms with Crippen LogP contribution in [0.1, 0.15) is 40.2 Å². The highest BCUT2D eigenvalue weighted by molar-refractivity contribution is 7.16. The summed E-state index contributed by atoms with van der Waals surface area (Å²) in [7, 11) is 1.56. The normalized spacial score (nSPS) is 10.8. The quantitative estimate of drug-likeness (QED) is 0.259.